The molecule has 0 heterocycles. The summed E-state index contributed by atoms with van der Waals surface area (Å²) in [4.78, 5) is 11.3. The number of aliphatic carboxylic acids is 1. The third-order valence-electron chi connectivity index (χ3n) is 3.29. The zero-order valence-corrected chi connectivity index (χ0v) is 14.7. The Balaban J connectivity index is 2.15. The number of rotatable bonds is 5. The van der Waals surface area contributed by atoms with Gasteiger partial charge >= 0.3 is 5.97 Å². The summed E-state index contributed by atoms with van der Waals surface area (Å²) in [7, 11) is -3.98. The van der Waals surface area contributed by atoms with Crippen molar-refractivity contribution in [2.75, 3.05) is 0 Å². The molecule has 0 fully saturated rings. The molecule has 0 radical (unpaired) electrons. The van der Waals surface area contributed by atoms with Gasteiger partial charge in [-0.25, -0.2) is 8.42 Å². The number of hydrogen-bond donors (Lipinski definition) is 1. The number of carboxylic acids is 1. The highest BCUT2D eigenvalue weighted by Gasteiger charge is 2.29. The smallest absolute Gasteiger partial charge is 0.323 e. The zero-order valence-electron chi connectivity index (χ0n) is 13.1. The first-order chi connectivity index (χ1) is 11.9. The van der Waals surface area contributed by atoms with Crippen LogP contribution < -0.4 is 0 Å². The molecular formula is C19H15ClO4S. The van der Waals surface area contributed by atoms with Gasteiger partial charge in [0, 0.05) is 22.4 Å². The molecule has 0 bridgehead atoms. The first-order valence-electron chi connectivity index (χ1n) is 7.33. The van der Waals surface area contributed by atoms with Gasteiger partial charge in [-0.1, -0.05) is 53.8 Å². The van der Waals surface area contributed by atoms with Crippen LogP contribution >= 0.6 is 11.6 Å². The predicted octanol–water partition coefficient (Wildman–Crippen LogP) is 3.62. The molecular weight excluding hydrogens is 360 g/mol. The molecule has 0 aliphatic heterocycles. The van der Waals surface area contributed by atoms with Crippen molar-refractivity contribution in [1.29, 1.82) is 0 Å². The minimum Gasteiger partial charge on any atom is -0.480 e. The second-order valence-electron chi connectivity index (χ2n) is 5.14. The highest BCUT2D eigenvalue weighted by atomic mass is 35.5. The van der Waals surface area contributed by atoms with Crippen molar-refractivity contribution in [2.24, 2.45) is 0 Å². The van der Waals surface area contributed by atoms with Crippen molar-refractivity contribution in [2.45, 2.75) is 11.7 Å². The van der Waals surface area contributed by atoms with E-state index in [1.165, 1.54) is 6.08 Å². The van der Waals surface area contributed by atoms with Crippen LogP contribution in [0, 0.1) is 11.8 Å². The highest BCUT2D eigenvalue weighted by Crippen LogP contribution is 2.13. The summed E-state index contributed by atoms with van der Waals surface area (Å²) in [6.45, 7) is 0. The quantitative estimate of drug-likeness (QED) is 0.811. The Kier molecular flexibility index (Phi) is 6.40. The van der Waals surface area contributed by atoms with Gasteiger partial charge in [0.05, 0.1) is 0 Å². The molecule has 0 amide bonds. The van der Waals surface area contributed by atoms with E-state index in [-0.39, 0.29) is 6.42 Å². The first kappa shape index (κ1) is 18.8. The summed E-state index contributed by atoms with van der Waals surface area (Å²) in [5.74, 6) is 3.93. The van der Waals surface area contributed by atoms with Crippen LogP contribution in [-0.2, 0) is 14.6 Å². The maximum Gasteiger partial charge on any atom is 0.323 e. The topological polar surface area (TPSA) is 71.4 Å². The molecule has 2 rings (SSSR count). The van der Waals surface area contributed by atoms with Crippen LogP contribution in [0.1, 0.15) is 17.5 Å². The molecule has 2 aromatic rings. The Labute approximate surface area is 151 Å². The summed E-state index contributed by atoms with van der Waals surface area (Å²) < 4.78 is 24.6. The summed E-state index contributed by atoms with van der Waals surface area (Å²) >= 11 is 5.77. The summed E-state index contributed by atoms with van der Waals surface area (Å²) in [6, 6.07) is 15.4. The maximum atomic E-state index is 12.3. The molecule has 0 aliphatic carbocycles. The van der Waals surface area contributed by atoms with Gasteiger partial charge < -0.3 is 5.11 Å². The van der Waals surface area contributed by atoms with Crippen molar-refractivity contribution in [3.63, 3.8) is 0 Å². The number of hydrogen-bond acceptors (Lipinski definition) is 3. The van der Waals surface area contributed by atoms with Crippen molar-refractivity contribution in [3.05, 3.63) is 76.2 Å². The van der Waals surface area contributed by atoms with Crippen LogP contribution in [0.5, 0.6) is 0 Å². The average molecular weight is 375 g/mol. The number of sulfone groups is 1. The fraction of sp³-hybridized carbons (Fsp3) is 0.105. The van der Waals surface area contributed by atoms with Crippen LogP contribution in [-0.4, -0.2) is 24.7 Å². The third kappa shape index (κ3) is 5.79. The molecule has 0 aromatic heterocycles. The first-order valence-corrected chi connectivity index (χ1v) is 9.31. The normalized spacial score (nSPS) is 12.4. The molecule has 0 saturated carbocycles. The molecule has 128 valence electrons. The van der Waals surface area contributed by atoms with E-state index in [9.17, 15) is 18.3 Å². The fourth-order valence-corrected chi connectivity index (χ4v) is 3.21. The predicted molar refractivity (Wildman–Crippen MR) is 98.8 cm³/mol. The van der Waals surface area contributed by atoms with Crippen LogP contribution in [0.15, 0.2) is 60.0 Å². The van der Waals surface area contributed by atoms with E-state index in [1.807, 2.05) is 0 Å². The second kappa shape index (κ2) is 8.52. The van der Waals surface area contributed by atoms with E-state index in [2.05, 4.69) is 11.8 Å². The van der Waals surface area contributed by atoms with E-state index >= 15 is 0 Å². The monoisotopic (exact) mass is 374 g/mol. The molecule has 1 N–H and O–H groups in total. The molecule has 0 spiro atoms. The van der Waals surface area contributed by atoms with Gasteiger partial charge in [-0.3, -0.25) is 4.79 Å². The van der Waals surface area contributed by atoms with E-state index in [0.717, 1.165) is 5.41 Å². The van der Waals surface area contributed by atoms with Gasteiger partial charge in [-0.15, -0.1) is 0 Å². The van der Waals surface area contributed by atoms with Gasteiger partial charge in [0.25, 0.3) is 0 Å². The van der Waals surface area contributed by atoms with Crippen molar-refractivity contribution >= 4 is 33.5 Å². The van der Waals surface area contributed by atoms with E-state index in [1.54, 1.807) is 54.6 Å². The lowest BCUT2D eigenvalue weighted by Crippen LogP contribution is -2.28. The van der Waals surface area contributed by atoms with Gasteiger partial charge in [0.1, 0.15) is 0 Å². The van der Waals surface area contributed by atoms with Gasteiger partial charge in [-0.05, 0) is 35.9 Å². The number of benzene rings is 2. The number of carboxylic acid groups (broad SMARTS) is 1. The lowest BCUT2D eigenvalue weighted by atomic mass is 10.2. The lowest BCUT2D eigenvalue weighted by Gasteiger charge is -2.06. The molecule has 1 atom stereocenters. The highest BCUT2D eigenvalue weighted by molar-refractivity contribution is 7.95. The summed E-state index contributed by atoms with van der Waals surface area (Å²) in [5.41, 5.74) is 1.30. The largest absolute Gasteiger partial charge is 0.480 e. The van der Waals surface area contributed by atoms with Crippen molar-refractivity contribution < 1.29 is 18.3 Å². The lowest BCUT2D eigenvalue weighted by molar-refractivity contribution is -0.136. The standard InChI is InChI=1S/C19H15ClO4S/c20-17-11-9-16(10-12-17)7-4-8-18(19(21)22)25(23,24)14-13-15-5-2-1-3-6-15/h1-3,5-6,9-14,18H,8H2,(H,21,22). The summed E-state index contributed by atoms with van der Waals surface area (Å²) in [6.07, 6.45) is 1.07. The SMILES string of the molecule is O=C(O)C(CC#Cc1ccc(Cl)cc1)S(=O)(=O)C=Cc1ccccc1. The van der Waals surface area contributed by atoms with Crippen LogP contribution in [0.4, 0.5) is 0 Å². The molecule has 0 aliphatic rings. The maximum absolute atomic E-state index is 12.3. The van der Waals surface area contributed by atoms with Crippen LogP contribution in [0.3, 0.4) is 0 Å². The van der Waals surface area contributed by atoms with Gasteiger partial charge in [-0.2, -0.15) is 0 Å². The van der Waals surface area contributed by atoms with Crippen LogP contribution in [0.2, 0.25) is 5.02 Å². The Bertz CT molecular complexity index is 921. The second-order valence-corrected chi connectivity index (χ2v) is 7.60. The average Bonchev–Trinajstić information content (AvgIpc) is 2.59. The molecule has 4 nitrogen and oxygen atoms in total. The molecule has 2 aromatic carbocycles. The number of carbonyl (C=O) groups is 1. The van der Waals surface area contributed by atoms with E-state index in [0.29, 0.717) is 16.1 Å². The molecule has 6 heteroatoms. The van der Waals surface area contributed by atoms with Gasteiger partial charge in [0.15, 0.2) is 15.1 Å². The van der Waals surface area contributed by atoms with Crippen molar-refractivity contribution in [3.8, 4) is 11.8 Å². The number of halogens is 1. The Morgan fingerprint density at radius 2 is 1.76 bits per heavy atom. The molecule has 25 heavy (non-hydrogen) atoms. The Morgan fingerprint density at radius 3 is 2.36 bits per heavy atom. The molecule has 1 unspecified atom stereocenters. The molecule has 0 saturated heterocycles. The summed E-state index contributed by atoms with van der Waals surface area (Å²) in [5, 5.41) is 9.10. The van der Waals surface area contributed by atoms with E-state index in [4.69, 9.17) is 11.6 Å². The Morgan fingerprint density at radius 1 is 1.12 bits per heavy atom. The van der Waals surface area contributed by atoms with Gasteiger partial charge in [0.2, 0.25) is 0 Å². The fourth-order valence-electron chi connectivity index (χ4n) is 1.96. The minimum atomic E-state index is -3.98. The zero-order chi connectivity index (χ0) is 18.3. The van der Waals surface area contributed by atoms with Crippen molar-refractivity contribution in [1.82, 2.24) is 0 Å². The van der Waals surface area contributed by atoms with Crippen LogP contribution in [0.25, 0.3) is 6.08 Å². The third-order valence-corrected chi connectivity index (χ3v) is 5.22. The Hall–Kier alpha value is -2.55. The van der Waals surface area contributed by atoms with E-state index < -0.39 is 21.1 Å². The minimum absolute atomic E-state index is 0.306.